The van der Waals surface area contributed by atoms with Crippen LogP contribution in [0.1, 0.15) is 39.7 Å². The minimum Gasteiger partial charge on any atom is -0.493 e. The molecule has 0 heterocycles. The van der Waals surface area contributed by atoms with Crippen LogP contribution in [-0.4, -0.2) is 18.7 Å². The monoisotopic (exact) mass is 247 g/mol. The average molecular weight is 247 g/mol. The highest BCUT2D eigenvalue weighted by molar-refractivity contribution is 5.56. The molecule has 0 spiro atoms. The molecular weight excluding hydrogens is 222 g/mol. The van der Waals surface area contributed by atoms with Crippen molar-refractivity contribution in [3.05, 3.63) is 35.9 Å². The van der Waals surface area contributed by atoms with Crippen LogP contribution >= 0.6 is 0 Å². The molecule has 100 valence electrons. The zero-order valence-electron chi connectivity index (χ0n) is 12.0. The number of allylic oxidation sites excluding steroid dienone is 1. The highest BCUT2D eigenvalue weighted by atomic mass is 16.5. The molecule has 0 fully saturated rings. The Labute approximate surface area is 111 Å². The van der Waals surface area contributed by atoms with Gasteiger partial charge in [-0.1, -0.05) is 30.4 Å². The second-order valence-electron chi connectivity index (χ2n) is 5.42. The van der Waals surface area contributed by atoms with E-state index >= 15 is 0 Å². The minimum atomic E-state index is 0.183. The number of nitrogens with one attached hydrogen (secondary N) is 1. The van der Waals surface area contributed by atoms with E-state index in [-0.39, 0.29) is 5.54 Å². The van der Waals surface area contributed by atoms with Crippen LogP contribution in [0.3, 0.4) is 0 Å². The third kappa shape index (κ3) is 5.87. The number of rotatable bonds is 6. The van der Waals surface area contributed by atoms with Crippen molar-refractivity contribution >= 4 is 6.08 Å². The zero-order valence-corrected chi connectivity index (χ0v) is 12.0. The van der Waals surface area contributed by atoms with E-state index in [9.17, 15) is 0 Å². The fraction of sp³-hybridized carbons (Fsp3) is 0.500. The molecule has 2 nitrogen and oxygen atoms in total. The summed E-state index contributed by atoms with van der Waals surface area (Å²) in [5, 5.41) is 3.45. The summed E-state index contributed by atoms with van der Waals surface area (Å²) in [6.45, 7) is 10.3. The second-order valence-corrected chi connectivity index (χ2v) is 5.42. The molecule has 0 bridgehead atoms. The van der Waals surface area contributed by atoms with Crippen molar-refractivity contribution in [3.8, 4) is 5.75 Å². The molecule has 1 aromatic rings. The Morgan fingerprint density at radius 1 is 1.22 bits per heavy atom. The van der Waals surface area contributed by atoms with Crippen LogP contribution in [0.4, 0.5) is 0 Å². The van der Waals surface area contributed by atoms with Gasteiger partial charge in [0.2, 0.25) is 0 Å². The van der Waals surface area contributed by atoms with Crippen LogP contribution in [0.25, 0.3) is 6.08 Å². The summed E-state index contributed by atoms with van der Waals surface area (Å²) >= 11 is 0. The fourth-order valence-electron chi connectivity index (χ4n) is 1.65. The number of ether oxygens (including phenoxy) is 1. The van der Waals surface area contributed by atoms with Gasteiger partial charge in [0, 0.05) is 11.1 Å². The lowest BCUT2D eigenvalue weighted by atomic mass is 10.1. The first-order valence-corrected chi connectivity index (χ1v) is 6.62. The smallest absolute Gasteiger partial charge is 0.126 e. The summed E-state index contributed by atoms with van der Waals surface area (Å²) < 4.78 is 5.81. The summed E-state index contributed by atoms with van der Waals surface area (Å²) in [7, 11) is 0. The Balaban J connectivity index is 2.35. The molecule has 1 aromatic carbocycles. The van der Waals surface area contributed by atoms with E-state index in [1.54, 1.807) is 0 Å². The Kier molecular flexibility index (Phi) is 5.93. The van der Waals surface area contributed by atoms with Crippen LogP contribution in [0.2, 0.25) is 0 Å². The summed E-state index contributed by atoms with van der Waals surface area (Å²) in [5.41, 5.74) is 1.33. The summed E-state index contributed by atoms with van der Waals surface area (Å²) in [6, 6.07) is 8.13. The van der Waals surface area contributed by atoms with Gasteiger partial charge in [0.15, 0.2) is 0 Å². The minimum absolute atomic E-state index is 0.183. The van der Waals surface area contributed by atoms with Crippen molar-refractivity contribution in [2.45, 2.75) is 39.7 Å². The highest BCUT2D eigenvalue weighted by Gasteiger charge is 2.07. The third-order valence-electron chi connectivity index (χ3n) is 2.50. The molecule has 0 amide bonds. The van der Waals surface area contributed by atoms with Gasteiger partial charge in [-0.3, -0.25) is 0 Å². The van der Waals surface area contributed by atoms with Gasteiger partial charge in [0.1, 0.15) is 5.75 Å². The average Bonchev–Trinajstić information content (AvgIpc) is 2.29. The van der Waals surface area contributed by atoms with E-state index in [0.717, 1.165) is 30.9 Å². The molecule has 0 aliphatic carbocycles. The van der Waals surface area contributed by atoms with Crippen LogP contribution < -0.4 is 10.1 Å². The predicted octanol–water partition coefficient (Wildman–Crippen LogP) is 3.88. The van der Waals surface area contributed by atoms with Gasteiger partial charge in [0.25, 0.3) is 0 Å². The van der Waals surface area contributed by atoms with E-state index in [1.165, 1.54) is 0 Å². The molecular formula is C16H25NO. The first-order chi connectivity index (χ1) is 8.53. The van der Waals surface area contributed by atoms with Gasteiger partial charge >= 0.3 is 0 Å². The summed E-state index contributed by atoms with van der Waals surface area (Å²) in [5.74, 6) is 0.964. The van der Waals surface area contributed by atoms with Crippen LogP contribution in [0.15, 0.2) is 30.3 Å². The van der Waals surface area contributed by atoms with Gasteiger partial charge in [-0.15, -0.1) is 0 Å². The van der Waals surface area contributed by atoms with E-state index in [2.05, 4.69) is 38.2 Å². The van der Waals surface area contributed by atoms with Gasteiger partial charge < -0.3 is 10.1 Å². The SMILES string of the molecule is CC=Cc1ccccc1OCCCNC(C)(C)C. The lowest BCUT2D eigenvalue weighted by molar-refractivity contribution is 0.297. The Morgan fingerprint density at radius 2 is 1.94 bits per heavy atom. The molecule has 2 heteroatoms. The standard InChI is InChI=1S/C16H25NO/c1-5-9-14-10-6-7-11-15(14)18-13-8-12-17-16(2,3)4/h5-7,9-11,17H,8,12-13H2,1-4H3. The normalized spacial score (nSPS) is 12.0. The number of hydrogen-bond donors (Lipinski definition) is 1. The van der Waals surface area contributed by atoms with E-state index in [4.69, 9.17) is 4.74 Å². The molecule has 0 saturated carbocycles. The third-order valence-corrected chi connectivity index (χ3v) is 2.50. The predicted molar refractivity (Wildman–Crippen MR) is 79.0 cm³/mol. The summed E-state index contributed by atoms with van der Waals surface area (Å²) in [4.78, 5) is 0. The highest BCUT2D eigenvalue weighted by Crippen LogP contribution is 2.19. The molecule has 1 N–H and O–H groups in total. The molecule has 0 saturated heterocycles. The van der Waals surface area contributed by atoms with Gasteiger partial charge in [0.05, 0.1) is 6.61 Å². The first-order valence-electron chi connectivity index (χ1n) is 6.62. The Hall–Kier alpha value is -1.28. The van der Waals surface area contributed by atoms with E-state index in [0.29, 0.717) is 0 Å². The Morgan fingerprint density at radius 3 is 2.61 bits per heavy atom. The maximum Gasteiger partial charge on any atom is 0.126 e. The second kappa shape index (κ2) is 7.22. The number of benzene rings is 1. The maximum absolute atomic E-state index is 5.81. The lowest BCUT2D eigenvalue weighted by Gasteiger charge is -2.20. The first kappa shape index (κ1) is 14.8. The maximum atomic E-state index is 5.81. The molecule has 0 radical (unpaired) electrons. The molecule has 0 aliphatic heterocycles. The van der Waals surface area contributed by atoms with Crippen LogP contribution in [0.5, 0.6) is 5.75 Å². The van der Waals surface area contributed by atoms with Gasteiger partial charge in [-0.25, -0.2) is 0 Å². The molecule has 0 unspecified atom stereocenters. The van der Waals surface area contributed by atoms with Crippen molar-refractivity contribution in [2.24, 2.45) is 0 Å². The zero-order chi connectivity index (χ0) is 13.4. The molecule has 18 heavy (non-hydrogen) atoms. The topological polar surface area (TPSA) is 21.3 Å². The number of hydrogen-bond acceptors (Lipinski definition) is 2. The quantitative estimate of drug-likeness (QED) is 0.770. The van der Waals surface area contributed by atoms with Crippen LogP contribution in [-0.2, 0) is 0 Å². The molecule has 0 atom stereocenters. The Bertz CT molecular complexity index is 377. The van der Waals surface area contributed by atoms with Gasteiger partial charge in [-0.05, 0) is 46.7 Å². The molecule has 0 aliphatic rings. The molecule has 0 aromatic heterocycles. The number of para-hydroxylation sites is 1. The van der Waals surface area contributed by atoms with Crippen molar-refractivity contribution in [2.75, 3.05) is 13.2 Å². The van der Waals surface area contributed by atoms with Crippen molar-refractivity contribution < 1.29 is 4.74 Å². The summed E-state index contributed by atoms with van der Waals surface area (Å²) in [6.07, 6.45) is 5.12. The lowest BCUT2D eigenvalue weighted by Crippen LogP contribution is -2.36. The van der Waals surface area contributed by atoms with E-state index < -0.39 is 0 Å². The molecule has 1 rings (SSSR count). The van der Waals surface area contributed by atoms with E-state index in [1.807, 2.05) is 31.2 Å². The van der Waals surface area contributed by atoms with Crippen LogP contribution in [0, 0.1) is 0 Å². The van der Waals surface area contributed by atoms with Crippen molar-refractivity contribution in [3.63, 3.8) is 0 Å². The largest absolute Gasteiger partial charge is 0.493 e. The van der Waals surface area contributed by atoms with Crippen molar-refractivity contribution in [1.29, 1.82) is 0 Å². The fourth-order valence-corrected chi connectivity index (χ4v) is 1.65. The van der Waals surface area contributed by atoms with Crippen molar-refractivity contribution in [1.82, 2.24) is 5.32 Å². The van der Waals surface area contributed by atoms with Gasteiger partial charge in [-0.2, -0.15) is 0 Å².